The van der Waals surface area contributed by atoms with Gasteiger partial charge in [-0.15, -0.1) is 0 Å². The van der Waals surface area contributed by atoms with Crippen LogP contribution < -0.4 is 4.74 Å². The van der Waals surface area contributed by atoms with Crippen molar-refractivity contribution < 1.29 is 19.4 Å². The maximum atomic E-state index is 11.3. The van der Waals surface area contributed by atoms with Crippen LogP contribution in [0.1, 0.15) is 50.0 Å². The molecule has 0 bridgehead atoms. The van der Waals surface area contributed by atoms with Gasteiger partial charge in [0.25, 0.3) is 0 Å². The predicted octanol–water partition coefficient (Wildman–Crippen LogP) is 3.42. The lowest BCUT2D eigenvalue weighted by Gasteiger charge is -2.28. The van der Waals surface area contributed by atoms with Gasteiger partial charge in [-0.2, -0.15) is 0 Å². The minimum Gasteiger partial charge on any atom is -0.486 e. The maximum absolute atomic E-state index is 11.3. The highest BCUT2D eigenvalue weighted by atomic mass is 16.6. The average Bonchev–Trinajstić information content (AvgIpc) is 2.49. The van der Waals surface area contributed by atoms with Gasteiger partial charge in [-0.1, -0.05) is 12.1 Å². The van der Waals surface area contributed by atoms with E-state index in [1.54, 1.807) is 12.1 Å². The van der Waals surface area contributed by atoms with Crippen LogP contribution in [0.4, 0.5) is 0 Å². The molecule has 1 heterocycles. The molecule has 1 N–H and O–H groups in total. The van der Waals surface area contributed by atoms with E-state index in [0.29, 0.717) is 5.75 Å². The summed E-state index contributed by atoms with van der Waals surface area (Å²) in [6, 6.07) is 5.15. The van der Waals surface area contributed by atoms with Crippen LogP contribution in [-0.4, -0.2) is 28.4 Å². The van der Waals surface area contributed by atoms with Crippen molar-refractivity contribution in [1.29, 1.82) is 0 Å². The zero-order valence-corrected chi connectivity index (χ0v) is 12.7. The molecule has 1 saturated heterocycles. The SMILES string of the molecule is Cc1cccc(C(=O)O)c1OC1CC(C)(C)OC1(C)C. The number of benzene rings is 1. The molecular formula is C16H22O4. The Hall–Kier alpha value is -1.55. The minimum atomic E-state index is -0.973. The summed E-state index contributed by atoms with van der Waals surface area (Å²) in [6.45, 7) is 9.86. The van der Waals surface area contributed by atoms with E-state index < -0.39 is 11.6 Å². The molecule has 0 spiro atoms. The van der Waals surface area contributed by atoms with Gasteiger partial charge in [0.2, 0.25) is 0 Å². The van der Waals surface area contributed by atoms with Crippen LogP contribution >= 0.6 is 0 Å². The largest absolute Gasteiger partial charge is 0.486 e. The van der Waals surface area contributed by atoms with Gasteiger partial charge >= 0.3 is 5.97 Å². The molecule has 20 heavy (non-hydrogen) atoms. The molecule has 110 valence electrons. The van der Waals surface area contributed by atoms with Gasteiger partial charge < -0.3 is 14.6 Å². The summed E-state index contributed by atoms with van der Waals surface area (Å²) in [5.74, 6) is -0.529. The second-order valence-corrected chi connectivity index (χ2v) is 6.53. The van der Waals surface area contributed by atoms with Crippen molar-refractivity contribution >= 4 is 5.97 Å². The fourth-order valence-electron chi connectivity index (χ4n) is 2.81. The van der Waals surface area contributed by atoms with Crippen LogP contribution in [0, 0.1) is 6.92 Å². The third-order valence-electron chi connectivity index (χ3n) is 3.69. The Morgan fingerprint density at radius 2 is 2.00 bits per heavy atom. The van der Waals surface area contributed by atoms with Crippen LogP contribution in [-0.2, 0) is 4.74 Å². The smallest absolute Gasteiger partial charge is 0.339 e. The first kappa shape index (κ1) is 14.9. The van der Waals surface area contributed by atoms with E-state index in [1.165, 1.54) is 0 Å². The van der Waals surface area contributed by atoms with Crippen LogP contribution in [0.25, 0.3) is 0 Å². The average molecular weight is 278 g/mol. The number of carbonyl (C=O) groups is 1. The second-order valence-electron chi connectivity index (χ2n) is 6.53. The monoisotopic (exact) mass is 278 g/mol. The molecule has 1 aromatic rings. The Labute approximate surface area is 119 Å². The van der Waals surface area contributed by atoms with Gasteiger partial charge in [-0.25, -0.2) is 4.79 Å². The molecule has 0 saturated carbocycles. The summed E-state index contributed by atoms with van der Waals surface area (Å²) in [4.78, 5) is 11.3. The van der Waals surface area contributed by atoms with E-state index in [2.05, 4.69) is 0 Å². The highest BCUT2D eigenvalue weighted by molar-refractivity contribution is 5.91. The normalized spacial score (nSPS) is 23.6. The Balaban J connectivity index is 2.34. The van der Waals surface area contributed by atoms with E-state index >= 15 is 0 Å². The molecule has 1 aromatic carbocycles. The molecule has 0 amide bonds. The van der Waals surface area contributed by atoms with Gasteiger partial charge in [-0.3, -0.25) is 0 Å². The van der Waals surface area contributed by atoms with Crippen molar-refractivity contribution in [2.75, 3.05) is 0 Å². The van der Waals surface area contributed by atoms with Gasteiger partial charge in [0, 0.05) is 6.42 Å². The minimum absolute atomic E-state index is 0.170. The number of para-hydroxylation sites is 1. The molecule has 4 heteroatoms. The zero-order chi connectivity index (χ0) is 15.1. The van der Waals surface area contributed by atoms with Crippen molar-refractivity contribution in [2.24, 2.45) is 0 Å². The van der Waals surface area contributed by atoms with Crippen LogP contribution in [0.3, 0.4) is 0 Å². The quantitative estimate of drug-likeness (QED) is 0.920. The van der Waals surface area contributed by atoms with E-state index in [1.807, 2.05) is 40.7 Å². The Kier molecular flexibility index (Phi) is 3.54. The standard InChI is InChI=1S/C16H22O4/c1-10-7-6-8-11(14(17)18)13(10)19-12-9-15(2,3)20-16(12,4)5/h6-8,12H,9H2,1-5H3,(H,17,18). The third-order valence-corrected chi connectivity index (χ3v) is 3.69. The summed E-state index contributed by atoms with van der Waals surface area (Å²) >= 11 is 0. The number of ether oxygens (including phenoxy) is 2. The van der Waals surface area contributed by atoms with Crippen molar-refractivity contribution in [3.8, 4) is 5.75 Å². The van der Waals surface area contributed by atoms with Gasteiger partial charge in [-0.05, 0) is 46.2 Å². The molecule has 0 radical (unpaired) electrons. The number of aromatic carboxylic acids is 1. The first-order valence-corrected chi connectivity index (χ1v) is 6.82. The molecule has 1 unspecified atom stereocenters. The topological polar surface area (TPSA) is 55.8 Å². The summed E-state index contributed by atoms with van der Waals surface area (Å²) < 4.78 is 12.0. The first-order chi connectivity index (χ1) is 9.12. The lowest BCUT2D eigenvalue weighted by Crippen LogP contribution is -2.37. The Morgan fingerprint density at radius 3 is 2.50 bits per heavy atom. The summed E-state index contributed by atoms with van der Waals surface area (Å²) in [7, 11) is 0. The molecule has 1 fully saturated rings. The van der Waals surface area contributed by atoms with E-state index in [4.69, 9.17) is 9.47 Å². The van der Waals surface area contributed by atoms with E-state index in [9.17, 15) is 9.90 Å². The van der Waals surface area contributed by atoms with Crippen molar-refractivity contribution in [2.45, 2.75) is 58.3 Å². The second kappa shape index (κ2) is 4.77. The number of carboxylic acid groups (broad SMARTS) is 1. The van der Waals surface area contributed by atoms with E-state index in [0.717, 1.165) is 12.0 Å². The van der Waals surface area contributed by atoms with Crippen LogP contribution in [0.15, 0.2) is 18.2 Å². The maximum Gasteiger partial charge on any atom is 0.339 e. The lowest BCUT2D eigenvalue weighted by molar-refractivity contribution is -0.0847. The summed E-state index contributed by atoms with van der Waals surface area (Å²) in [5.41, 5.74) is 0.317. The number of hydrogen-bond donors (Lipinski definition) is 1. The molecule has 1 atom stereocenters. The summed E-state index contributed by atoms with van der Waals surface area (Å²) in [5, 5.41) is 9.29. The van der Waals surface area contributed by atoms with Gasteiger partial charge in [0.05, 0.1) is 5.60 Å². The van der Waals surface area contributed by atoms with Gasteiger partial charge in [0.1, 0.15) is 23.0 Å². The van der Waals surface area contributed by atoms with Gasteiger partial charge in [0.15, 0.2) is 0 Å². The molecular weight excluding hydrogens is 256 g/mol. The fraction of sp³-hybridized carbons (Fsp3) is 0.562. The molecule has 0 aliphatic carbocycles. The highest BCUT2D eigenvalue weighted by Crippen LogP contribution is 2.40. The summed E-state index contributed by atoms with van der Waals surface area (Å²) in [6.07, 6.45) is 0.560. The number of aryl methyl sites for hydroxylation is 1. The lowest BCUT2D eigenvalue weighted by atomic mass is 9.97. The third kappa shape index (κ3) is 2.80. The highest BCUT2D eigenvalue weighted by Gasteiger charge is 2.47. The number of carboxylic acids is 1. The molecule has 0 aromatic heterocycles. The number of hydrogen-bond acceptors (Lipinski definition) is 3. The molecule has 1 aliphatic heterocycles. The predicted molar refractivity (Wildman–Crippen MR) is 76.4 cm³/mol. The Morgan fingerprint density at radius 1 is 1.35 bits per heavy atom. The van der Waals surface area contributed by atoms with E-state index in [-0.39, 0.29) is 17.3 Å². The number of rotatable bonds is 3. The molecule has 2 rings (SSSR count). The molecule has 4 nitrogen and oxygen atoms in total. The van der Waals surface area contributed by atoms with Crippen molar-refractivity contribution in [1.82, 2.24) is 0 Å². The first-order valence-electron chi connectivity index (χ1n) is 6.82. The fourth-order valence-corrected chi connectivity index (χ4v) is 2.81. The van der Waals surface area contributed by atoms with Crippen molar-refractivity contribution in [3.05, 3.63) is 29.3 Å². The van der Waals surface area contributed by atoms with Crippen molar-refractivity contribution in [3.63, 3.8) is 0 Å². The molecule has 1 aliphatic rings. The van der Waals surface area contributed by atoms with Crippen LogP contribution in [0.5, 0.6) is 5.75 Å². The Bertz CT molecular complexity index is 531. The van der Waals surface area contributed by atoms with Crippen LogP contribution in [0.2, 0.25) is 0 Å². The zero-order valence-electron chi connectivity index (χ0n) is 12.7.